The smallest absolute Gasteiger partial charge is 0.360 e. The van der Waals surface area contributed by atoms with Gasteiger partial charge in [0.15, 0.2) is 5.69 Å². The zero-order valence-corrected chi connectivity index (χ0v) is 9.68. The summed E-state index contributed by atoms with van der Waals surface area (Å²) < 4.78 is 5.96. The number of nitrogen functional groups attached to an aromatic ring is 1. The number of hydrogen-bond donors (Lipinski definition) is 1. The third-order valence-corrected chi connectivity index (χ3v) is 2.41. The van der Waals surface area contributed by atoms with Crippen LogP contribution in [-0.2, 0) is 4.74 Å². The normalized spacial score (nSPS) is 10.2. The van der Waals surface area contributed by atoms with E-state index in [-0.39, 0.29) is 11.4 Å². The van der Waals surface area contributed by atoms with Gasteiger partial charge in [-0.3, -0.25) is 4.98 Å². The maximum atomic E-state index is 11.3. The highest BCUT2D eigenvalue weighted by Gasteiger charge is 2.16. The molecule has 0 amide bonds. The van der Waals surface area contributed by atoms with E-state index in [0.717, 1.165) is 0 Å². The number of carbonyl (C=O) groups is 1. The molecule has 2 N–H and O–H groups in total. The molecule has 2 heterocycles. The van der Waals surface area contributed by atoms with E-state index < -0.39 is 5.97 Å². The molecule has 0 unspecified atom stereocenters. The molecule has 88 valence electrons. The third-order valence-electron chi connectivity index (χ3n) is 2.12. The summed E-state index contributed by atoms with van der Waals surface area (Å²) in [5.41, 5.74) is 6.53. The molecule has 0 fully saturated rings. The number of hydrogen-bond acceptors (Lipinski definition) is 5. The van der Waals surface area contributed by atoms with E-state index in [9.17, 15) is 4.79 Å². The van der Waals surface area contributed by atoms with Crippen LogP contribution in [0.15, 0.2) is 24.7 Å². The fraction of sp³-hybridized carbons (Fsp3) is 0.100. The van der Waals surface area contributed by atoms with E-state index in [0.29, 0.717) is 10.7 Å². The highest BCUT2D eigenvalue weighted by atomic mass is 35.5. The fourth-order valence-corrected chi connectivity index (χ4v) is 1.53. The van der Waals surface area contributed by atoms with Crippen molar-refractivity contribution in [2.75, 3.05) is 12.8 Å². The van der Waals surface area contributed by atoms with Crippen molar-refractivity contribution in [3.8, 4) is 5.69 Å². The number of aromatic nitrogens is 3. The van der Waals surface area contributed by atoms with Crippen molar-refractivity contribution in [1.82, 2.24) is 14.8 Å². The number of rotatable bonds is 2. The number of ether oxygens (including phenoxy) is 1. The van der Waals surface area contributed by atoms with E-state index in [1.165, 1.54) is 24.2 Å². The highest BCUT2D eigenvalue weighted by molar-refractivity contribution is 6.32. The number of carbonyl (C=O) groups excluding carboxylic acids is 1. The van der Waals surface area contributed by atoms with Gasteiger partial charge in [-0.05, 0) is 6.07 Å². The van der Waals surface area contributed by atoms with Crippen LogP contribution in [0.5, 0.6) is 0 Å². The Kier molecular flexibility index (Phi) is 2.97. The molecule has 6 nitrogen and oxygen atoms in total. The van der Waals surface area contributed by atoms with Gasteiger partial charge in [-0.2, -0.15) is 5.10 Å². The van der Waals surface area contributed by atoms with E-state index in [1.54, 1.807) is 12.3 Å². The van der Waals surface area contributed by atoms with Gasteiger partial charge < -0.3 is 10.5 Å². The van der Waals surface area contributed by atoms with Gasteiger partial charge in [0.25, 0.3) is 0 Å². The number of nitrogens with two attached hydrogens (primary N) is 1. The van der Waals surface area contributed by atoms with Gasteiger partial charge in [0.2, 0.25) is 0 Å². The van der Waals surface area contributed by atoms with Crippen LogP contribution in [0.2, 0.25) is 5.02 Å². The molecule has 0 spiro atoms. The molecule has 0 saturated heterocycles. The Hall–Kier alpha value is -2.08. The molecule has 2 rings (SSSR count). The zero-order valence-electron chi connectivity index (χ0n) is 8.92. The Morgan fingerprint density at radius 1 is 1.59 bits per heavy atom. The van der Waals surface area contributed by atoms with E-state index in [2.05, 4.69) is 14.8 Å². The molecule has 17 heavy (non-hydrogen) atoms. The first kappa shape index (κ1) is 11.4. The first-order chi connectivity index (χ1) is 8.13. The Morgan fingerprint density at radius 3 is 3.00 bits per heavy atom. The Bertz CT molecular complexity index is 567. The van der Waals surface area contributed by atoms with Crippen molar-refractivity contribution in [2.45, 2.75) is 0 Å². The minimum Gasteiger partial charge on any atom is -0.464 e. The van der Waals surface area contributed by atoms with Crippen LogP contribution >= 0.6 is 11.6 Å². The summed E-state index contributed by atoms with van der Waals surface area (Å²) in [5.74, 6) is -0.591. The lowest BCUT2D eigenvalue weighted by Crippen LogP contribution is -2.06. The monoisotopic (exact) mass is 252 g/mol. The van der Waals surface area contributed by atoms with Crippen molar-refractivity contribution >= 4 is 23.3 Å². The van der Waals surface area contributed by atoms with Crippen molar-refractivity contribution in [1.29, 1.82) is 0 Å². The average Bonchev–Trinajstić information content (AvgIpc) is 2.71. The fourth-order valence-electron chi connectivity index (χ4n) is 1.32. The van der Waals surface area contributed by atoms with Crippen LogP contribution in [0, 0.1) is 0 Å². The average molecular weight is 253 g/mol. The van der Waals surface area contributed by atoms with Crippen molar-refractivity contribution in [3.63, 3.8) is 0 Å². The van der Waals surface area contributed by atoms with Crippen LogP contribution in [0.1, 0.15) is 10.5 Å². The van der Waals surface area contributed by atoms with Gasteiger partial charge in [0.1, 0.15) is 0 Å². The number of nitrogens with zero attached hydrogens (tertiary/aromatic N) is 3. The molecule has 0 radical (unpaired) electrons. The van der Waals surface area contributed by atoms with Gasteiger partial charge in [0, 0.05) is 12.4 Å². The van der Waals surface area contributed by atoms with Crippen LogP contribution < -0.4 is 5.73 Å². The molecule has 0 aliphatic carbocycles. The number of methoxy groups -OCH3 is 1. The second kappa shape index (κ2) is 4.42. The van der Waals surface area contributed by atoms with Crippen molar-refractivity contribution in [3.05, 3.63) is 35.4 Å². The van der Waals surface area contributed by atoms with Gasteiger partial charge >= 0.3 is 5.97 Å². The zero-order chi connectivity index (χ0) is 12.4. The van der Waals surface area contributed by atoms with Gasteiger partial charge in [0.05, 0.1) is 29.7 Å². The van der Waals surface area contributed by atoms with E-state index >= 15 is 0 Å². The molecular weight excluding hydrogens is 244 g/mol. The Morgan fingerprint density at radius 2 is 2.35 bits per heavy atom. The van der Waals surface area contributed by atoms with E-state index in [1.807, 2.05) is 0 Å². The van der Waals surface area contributed by atoms with Crippen molar-refractivity contribution < 1.29 is 9.53 Å². The molecule has 0 bridgehead atoms. The van der Waals surface area contributed by atoms with E-state index in [4.69, 9.17) is 17.3 Å². The predicted octanol–water partition coefficient (Wildman–Crippen LogP) is 1.29. The SMILES string of the molecule is COC(=O)c1nn(-c2ccncc2Cl)cc1N. The second-order valence-electron chi connectivity index (χ2n) is 3.20. The summed E-state index contributed by atoms with van der Waals surface area (Å²) in [6, 6.07) is 1.66. The standard InChI is InChI=1S/C10H9ClN4O2/c1-17-10(16)9-7(12)5-15(14-9)8-2-3-13-4-6(8)11/h2-5H,12H2,1H3. The molecule has 0 aliphatic heterocycles. The number of pyridine rings is 1. The molecule has 0 aliphatic rings. The minimum absolute atomic E-state index is 0.0559. The van der Waals surface area contributed by atoms with Crippen LogP contribution in [0.25, 0.3) is 5.69 Å². The molecule has 0 saturated carbocycles. The summed E-state index contributed by atoms with van der Waals surface area (Å²) >= 11 is 5.95. The number of anilines is 1. The first-order valence-electron chi connectivity index (χ1n) is 4.67. The molecule has 2 aromatic heterocycles. The van der Waals surface area contributed by atoms with Crippen molar-refractivity contribution in [2.24, 2.45) is 0 Å². The van der Waals surface area contributed by atoms with Crippen LogP contribution in [0.3, 0.4) is 0 Å². The third kappa shape index (κ3) is 2.07. The predicted molar refractivity (Wildman–Crippen MR) is 62.1 cm³/mol. The summed E-state index contributed by atoms with van der Waals surface area (Å²) in [4.78, 5) is 15.2. The topological polar surface area (TPSA) is 83.0 Å². The minimum atomic E-state index is -0.591. The lowest BCUT2D eigenvalue weighted by molar-refractivity contribution is 0.0594. The second-order valence-corrected chi connectivity index (χ2v) is 3.60. The molecule has 7 heteroatoms. The molecule has 2 aromatic rings. The largest absolute Gasteiger partial charge is 0.464 e. The molecule has 0 atom stereocenters. The maximum absolute atomic E-state index is 11.3. The quantitative estimate of drug-likeness (QED) is 0.815. The molecule has 0 aromatic carbocycles. The lowest BCUT2D eigenvalue weighted by Gasteiger charge is -2.01. The highest BCUT2D eigenvalue weighted by Crippen LogP contribution is 2.20. The summed E-state index contributed by atoms with van der Waals surface area (Å²) in [5, 5.41) is 4.43. The molecular formula is C10H9ClN4O2. The summed E-state index contributed by atoms with van der Waals surface area (Å²) in [6.07, 6.45) is 4.54. The van der Waals surface area contributed by atoms with Gasteiger partial charge in [-0.25, -0.2) is 9.48 Å². The van der Waals surface area contributed by atoms with Crippen LogP contribution in [0.4, 0.5) is 5.69 Å². The lowest BCUT2D eigenvalue weighted by atomic mass is 10.4. The summed E-state index contributed by atoms with van der Waals surface area (Å²) in [6.45, 7) is 0. The van der Waals surface area contributed by atoms with Crippen LogP contribution in [-0.4, -0.2) is 27.8 Å². The first-order valence-corrected chi connectivity index (χ1v) is 5.04. The number of halogens is 1. The number of esters is 1. The Balaban J connectivity index is 2.49. The van der Waals surface area contributed by atoms with Gasteiger partial charge in [-0.1, -0.05) is 11.6 Å². The van der Waals surface area contributed by atoms with Gasteiger partial charge in [-0.15, -0.1) is 0 Å². The maximum Gasteiger partial charge on any atom is 0.360 e. The Labute approximate surface area is 102 Å². The summed E-state index contributed by atoms with van der Waals surface area (Å²) in [7, 11) is 1.26.